The summed E-state index contributed by atoms with van der Waals surface area (Å²) in [5.74, 6) is -1.73. The Hall–Kier alpha value is -2.14. The Labute approximate surface area is 160 Å². The molecule has 0 aromatic carbocycles. The number of alkyl halides is 3. The van der Waals surface area contributed by atoms with Gasteiger partial charge in [-0.3, -0.25) is 9.69 Å². The molecule has 1 fully saturated rings. The number of likely N-dealkylation sites (tertiary alicyclic amines) is 1. The normalized spacial score (nSPS) is 19.8. The Balaban J connectivity index is 0.000000345. The van der Waals surface area contributed by atoms with Crippen LogP contribution in [0.3, 0.4) is 0 Å². The summed E-state index contributed by atoms with van der Waals surface area (Å²) >= 11 is 0. The summed E-state index contributed by atoms with van der Waals surface area (Å²) in [6.45, 7) is 6.36. The van der Waals surface area contributed by atoms with Gasteiger partial charge in [-0.2, -0.15) is 13.2 Å². The Morgan fingerprint density at radius 1 is 1.36 bits per heavy atom. The number of hydrogen-bond acceptors (Lipinski definition) is 6. The van der Waals surface area contributed by atoms with Gasteiger partial charge >= 0.3 is 18.1 Å². The minimum Gasteiger partial charge on any atom is -0.475 e. The van der Waals surface area contributed by atoms with Gasteiger partial charge in [0.15, 0.2) is 0 Å². The van der Waals surface area contributed by atoms with Crippen LogP contribution >= 0.6 is 0 Å². The van der Waals surface area contributed by atoms with Crippen molar-refractivity contribution in [2.45, 2.75) is 45.0 Å². The summed E-state index contributed by atoms with van der Waals surface area (Å²) in [6.07, 6.45) is -2.09. The topological polar surface area (TPSA) is 96.1 Å². The van der Waals surface area contributed by atoms with Crippen molar-refractivity contribution in [2.75, 3.05) is 33.3 Å². The maximum atomic E-state index is 12.4. The van der Waals surface area contributed by atoms with Crippen LogP contribution < -0.4 is 0 Å². The van der Waals surface area contributed by atoms with Crippen LogP contribution in [0.25, 0.3) is 0 Å². The molecule has 1 aromatic heterocycles. The molecule has 1 N–H and O–H groups in total. The van der Waals surface area contributed by atoms with E-state index in [1.165, 1.54) is 0 Å². The third-order valence-corrected chi connectivity index (χ3v) is 4.54. The van der Waals surface area contributed by atoms with Crippen LogP contribution in [0.5, 0.6) is 0 Å². The number of oxazole rings is 1. The molecule has 1 aromatic rings. The molecular formula is C17H24F3N3O5. The highest BCUT2D eigenvalue weighted by Gasteiger charge is 2.38. The van der Waals surface area contributed by atoms with Crippen molar-refractivity contribution in [1.82, 2.24) is 14.8 Å². The molecular weight excluding hydrogens is 383 g/mol. The molecule has 1 amide bonds. The smallest absolute Gasteiger partial charge is 0.475 e. The zero-order valence-electron chi connectivity index (χ0n) is 15.8. The lowest BCUT2D eigenvalue weighted by molar-refractivity contribution is -0.192. The number of halogens is 3. The number of ether oxygens (including phenoxy) is 1. The van der Waals surface area contributed by atoms with E-state index in [4.69, 9.17) is 19.1 Å². The number of carbonyl (C=O) groups is 2. The molecule has 3 heterocycles. The fourth-order valence-electron chi connectivity index (χ4n) is 3.09. The quantitative estimate of drug-likeness (QED) is 0.815. The Morgan fingerprint density at radius 3 is 2.57 bits per heavy atom. The Bertz CT molecular complexity index is 692. The van der Waals surface area contributed by atoms with E-state index in [9.17, 15) is 18.0 Å². The molecule has 8 nitrogen and oxygen atoms in total. The fourth-order valence-corrected chi connectivity index (χ4v) is 3.09. The average molecular weight is 407 g/mol. The molecule has 28 heavy (non-hydrogen) atoms. The Morgan fingerprint density at radius 2 is 2.04 bits per heavy atom. The van der Waals surface area contributed by atoms with E-state index in [0.717, 1.165) is 50.4 Å². The average Bonchev–Trinajstić information content (AvgIpc) is 3.27. The highest BCUT2D eigenvalue weighted by molar-refractivity contribution is 5.90. The number of amides is 1. The predicted octanol–water partition coefficient (Wildman–Crippen LogP) is 1.94. The second kappa shape index (κ2) is 9.37. The maximum Gasteiger partial charge on any atom is 0.490 e. The van der Waals surface area contributed by atoms with Crippen molar-refractivity contribution in [3.8, 4) is 0 Å². The van der Waals surface area contributed by atoms with Gasteiger partial charge in [0.25, 0.3) is 5.89 Å². The monoisotopic (exact) mass is 407 g/mol. The molecule has 3 rings (SSSR count). The molecule has 1 unspecified atom stereocenters. The van der Waals surface area contributed by atoms with E-state index in [2.05, 4.69) is 16.8 Å². The van der Waals surface area contributed by atoms with Gasteiger partial charge in [0.1, 0.15) is 5.76 Å². The second-order valence-corrected chi connectivity index (χ2v) is 6.62. The van der Waals surface area contributed by atoms with Crippen molar-refractivity contribution in [2.24, 2.45) is 0 Å². The first-order chi connectivity index (χ1) is 13.2. The van der Waals surface area contributed by atoms with Crippen molar-refractivity contribution in [3.05, 3.63) is 17.3 Å². The molecule has 0 bridgehead atoms. The predicted molar refractivity (Wildman–Crippen MR) is 90.8 cm³/mol. The van der Waals surface area contributed by atoms with Crippen LogP contribution in [0.15, 0.2) is 4.42 Å². The van der Waals surface area contributed by atoms with Gasteiger partial charge in [0.05, 0.1) is 11.8 Å². The SMILES string of the molecule is CCCN1CCc2oc(C(=O)N3CCC(OC)C3)nc2C1.O=C(O)C(F)(F)F. The van der Waals surface area contributed by atoms with Crippen molar-refractivity contribution in [3.63, 3.8) is 0 Å². The zero-order valence-corrected chi connectivity index (χ0v) is 15.8. The van der Waals surface area contributed by atoms with Crippen molar-refractivity contribution in [1.29, 1.82) is 0 Å². The van der Waals surface area contributed by atoms with E-state index in [1.807, 2.05) is 0 Å². The number of aliphatic carboxylic acids is 1. The largest absolute Gasteiger partial charge is 0.490 e. The van der Waals surface area contributed by atoms with Crippen LogP contribution in [0, 0.1) is 0 Å². The molecule has 0 saturated carbocycles. The highest BCUT2D eigenvalue weighted by Crippen LogP contribution is 2.22. The summed E-state index contributed by atoms with van der Waals surface area (Å²) in [6, 6.07) is 0. The number of fused-ring (bicyclic) bond motifs is 1. The van der Waals surface area contributed by atoms with Crippen LogP contribution in [0.2, 0.25) is 0 Å². The van der Waals surface area contributed by atoms with Gasteiger partial charge in [-0.05, 0) is 19.4 Å². The van der Waals surface area contributed by atoms with E-state index in [0.29, 0.717) is 13.1 Å². The third-order valence-electron chi connectivity index (χ3n) is 4.54. The second-order valence-electron chi connectivity index (χ2n) is 6.62. The summed E-state index contributed by atoms with van der Waals surface area (Å²) in [4.78, 5) is 29.9. The molecule has 0 aliphatic carbocycles. The van der Waals surface area contributed by atoms with Crippen LogP contribution in [-0.4, -0.2) is 77.3 Å². The number of aromatic nitrogens is 1. The number of carboxylic acid groups (broad SMARTS) is 1. The number of nitrogens with zero attached hydrogens (tertiary/aromatic N) is 3. The molecule has 2 aliphatic heterocycles. The van der Waals surface area contributed by atoms with Crippen LogP contribution in [0.4, 0.5) is 13.2 Å². The summed E-state index contributed by atoms with van der Waals surface area (Å²) in [5.41, 5.74) is 0.931. The lowest BCUT2D eigenvalue weighted by atomic mass is 10.1. The van der Waals surface area contributed by atoms with Gasteiger partial charge in [-0.25, -0.2) is 9.78 Å². The first-order valence-corrected chi connectivity index (χ1v) is 8.98. The minimum atomic E-state index is -5.08. The van der Waals surface area contributed by atoms with Crippen molar-refractivity contribution >= 4 is 11.9 Å². The van der Waals surface area contributed by atoms with E-state index < -0.39 is 12.1 Å². The summed E-state index contributed by atoms with van der Waals surface area (Å²) < 4.78 is 42.7. The lowest BCUT2D eigenvalue weighted by Gasteiger charge is -2.24. The van der Waals surface area contributed by atoms with Gasteiger partial charge in [-0.15, -0.1) is 0 Å². The van der Waals surface area contributed by atoms with Crippen molar-refractivity contribution < 1.29 is 37.0 Å². The number of carboxylic acids is 1. The maximum absolute atomic E-state index is 12.4. The highest BCUT2D eigenvalue weighted by atomic mass is 19.4. The van der Waals surface area contributed by atoms with Gasteiger partial charge in [0, 0.05) is 39.7 Å². The van der Waals surface area contributed by atoms with Crippen LogP contribution in [-0.2, 0) is 22.5 Å². The zero-order chi connectivity index (χ0) is 20.9. The number of carbonyl (C=O) groups excluding carboxylic acids is 1. The number of rotatable bonds is 4. The first-order valence-electron chi connectivity index (χ1n) is 8.98. The molecule has 11 heteroatoms. The summed E-state index contributed by atoms with van der Waals surface area (Å²) in [7, 11) is 1.69. The molecule has 0 spiro atoms. The molecule has 0 radical (unpaired) electrons. The fraction of sp³-hybridized carbons (Fsp3) is 0.706. The number of methoxy groups -OCH3 is 1. The lowest BCUT2D eigenvalue weighted by Crippen LogP contribution is -2.31. The van der Waals surface area contributed by atoms with Crippen LogP contribution in [0.1, 0.15) is 41.9 Å². The Kier molecular flexibility index (Phi) is 7.41. The third kappa shape index (κ3) is 5.68. The van der Waals surface area contributed by atoms with E-state index >= 15 is 0 Å². The number of hydrogen-bond donors (Lipinski definition) is 1. The minimum absolute atomic E-state index is 0.106. The molecule has 2 aliphatic rings. The molecule has 158 valence electrons. The van der Waals surface area contributed by atoms with Gasteiger partial charge < -0.3 is 19.2 Å². The summed E-state index contributed by atoms with van der Waals surface area (Å²) in [5, 5.41) is 7.12. The standard InChI is InChI=1S/C15H23N3O3.C2HF3O2/c1-3-6-17-7-5-13-12(10-17)16-14(21-13)15(19)18-8-4-11(9-18)20-2;3-2(4,5)1(6)7/h11H,3-10H2,1-2H3;(H,6,7). The first kappa shape index (κ1) is 22.2. The van der Waals surface area contributed by atoms with E-state index in [-0.39, 0.29) is 17.9 Å². The molecule has 1 atom stereocenters. The van der Waals surface area contributed by atoms with E-state index in [1.54, 1.807) is 12.0 Å². The van der Waals surface area contributed by atoms with Gasteiger partial charge in [0.2, 0.25) is 0 Å². The van der Waals surface area contributed by atoms with Gasteiger partial charge in [-0.1, -0.05) is 6.92 Å². The molecule has 1 saturated heterocycles.